The lowest BCUT2D eigenvalue weighted by Gasteiger charge is -2.16. The van der Waals surface area contributed by atoms with Crippen LogP contribution in [0.4, 0.5) is 0 Å². The van der Waals surface area contributed by atoms with Crippen molar-refractivity contribution in [3.05, 3.63) is 70.8 Å². The quantitative estimate of drug-likeness (QED) is 0.496. The molecule has 4 rings (SSSR count). The van der Waals surface area contributed by atoms with E-state index in [1.165, 1.54) is 48.2 Å². The van der Waals surface area contributed by atoms with Gasteiger partial charge in [0.15, 0.2) is 5.96 Å². The Morgan fingerprint density at radius 3 is 1.81 bits per heavy atom. The fraction of sp³-hybridized carbons (Fsp3) is 0.462. The number of hydrogen-bond acceptors (Lipinski definition) is 3. The predicted octanol–water partition coefficient (Wildman–Crippen LogP) is 3.27. The van der Waals surface area contributed by atoms with E-state index in [0.29, 0.717) is 19.5 Å². The number of carbonyl (C=O) groups is 1. The number of hydrogen-bond donors (Lipinski definition) is 2. The van der Waals surface area contributed by atoms with Crippen molar-refractivity contribution in [2.24, 2.45) is 4.99 Å². The molecule has 2 saturated heterocycles. The maximum Gasteiger partial charge on any atom is 0.222 e. The van der Waals surface area contributed by atoms with Crippen LogP contribution in [0.25, 0.3) is 0 Å². The van der Waals surface area contributed by atoms with Crippen LogP contribution in [0.5, 0.6) is 0 Å². The molecule has 2 fully saturated rings. The van der Waals surface area contributed by atoms with Crippen molar-refractivity contribution < 1.29 is 4.79 Å². The summed E-state index contributed by atoms with van der Waals surface area (Å²) in [6, 6.07) is 17.4. The van der Waals surface area contributed by atoms with Gasteiger partial charge in [-0.1, -0.05) is 48.5 Å². The number of carbonyl (C=O) groups excluding carboxylic acids is 1. The zero-order valence-electron chi connectivity index (χ0n) is 19.1. The van der Waals surface area contributed by atoms with Gasteiger partial charge in [0.1, 0.15) is 0 Å². The highest BCUT2D eigenvalue weighted by atomic mass is 16.2. The molecule has 0 aromatic heterocycles. The lowest BCUT2D eigenvalue weighted by atomic mass is 10.1. The molecule has 2 aromatic carbocycles. The number of nitrogens with one attached hydrogen (secondary N) is 2. The molecule has 6 heteroatoms. The molecule has 0 saturated carbocycles. The van der Waals surface area contributed by atoms with Gasteiger partial charge in [0.2, 0.25) is 5.91 Å². The van der Waals surface area contributed by atoms with Crippen LogP contribution >= 0.6 is 0 Å². The van der Waals surface area contributed by atoms with Gasteiger partial charge in [-0.25, -0.2) is 0 Å². The van der Waals surface area contributed by atoms with Crippen LogP contribution in [0, 0.1) is 0 Å². The highest BCUT2D eigenvalue weighted by Gasteiger charge is 2.19. The van der Waals surface area contributed by atoms with E-state index in [9.17, 15) is 4.79 Å². The van der Waals surface area contributed by atoms with Crippen molar-refractivity contribution in [1.82, 2.24) is 20.4 Å². The minimum absolute atomic E-state index is 0.270. The monoisotopic (exact) mass is 433 g/mol. The van der Waals surface area contributed by atoms with E-state index in [2.05, 4.69) is 69.1 Å². The van der Waals surface area contributed by atoms with Gasteiger partial charge in [-0.15, -0.1) is 0 Å². The SMILES string of the molecule is CN=C(NCc1ccc(CN2CCCC2)cc1)NCc1ccc(CN2CCCC2=O)cc1. The fourth-order valence-electron chi connectivity index (χ4n) is 4.41. The standard InChI is InChI=1S/C26H35N5O/c1-27-26(28-17-21-6-10-23(11-7-21)19-30-14-2-3-15-30)29-18-22-8-12-24(13-9-22)20-31-16-4-5-25(31)32/h6-13H,2-5,14-20H2,1H3,(H2,27,28,29). The summed E-state index contributed by atoms with van der Waals surface area (Å²) in [5.41, 5.74) is 5.00. The zero-order valence-corrected chi connectivity index (χ0v) is 19.1. The van der Waals surface area contributed by atoms with Gasteiger partial charge in [-0.3, -0.25) is 14.7 Å². The second-order valence-corrected chi connectivity index (χ2v) is 8.81. The summed E-state index contributed by atoms with van der Waals surface area (Å²) < 4.78 is 0. The van der Waals surface area contributed by atoms with Crippen LogP contribution in [-0.2, 0) is 31.0 Å². The summed E-state index contributed by atoms with van der Waals surface area (Å²) in [7, 11) is 1.80. The third kappa shape index (κ3) is 6.33. The van der Waals surface area contributed by atoms with Crippen LogP contribution in [0.3, 0.4) is 0 Å². The minimum Gasteiger partial charge on any atom is -0.352 e. The Morgan fingerprint density at radius 1 is 0.781 bits per heavy atom. The molecule has 32 heavy (non-hydrogen) atoms. The van der Waals surface area contributed by atoms with Gasteiger partial charge >= 0.3 is 0 Å². The summed E-state index contributed by atoms with van der Waals surface area (Å²) in [5, 5.41) is 6.78. The maximum absolute atomic E-state index is 11.8. The Balaban J connectivity index is 1.20. The Bertz CT molecular complexity index is 901. The van der Waals surface area contributed by atoms with Crippen molar-refractivity contribution in [2.45, 2.75) is 51.9 Å². The van der Waals surface area contributed by atoms with Crippen molar-refractivity contribution in [3.63, 3.8) is 0 Å². The number of benzene rings is 2. The topological polar surface area (TPSA) is 60.0 Å². The first kappa shape index (κ1) is 22.3. The first-order valence-corrected chi connectivity index (χ1v) is 11.8. The molecular formula is C26H35N5O. The number of amides is 1. The molecule has 6 nitrogen and oxygen atoms in total. The molecule has 2 aromatic rings. The largest absolute Gasteiger partial charge is 0.352 e. The van der Waals surface area contributed by atoms with Crippen molar-refractivity contribution in [3.8, 4) is 0 Å². The van der Waals surface area contributed by atoms with Crippen molar-refractivity contribution in [2.75, 3.05) is 26.7 Å². The molecule has 1 amide bonds. The molecule has 0 unspecified atom stereocenters. The normalized spacial score (nSPS) is 17.2. The predicted molar refractivity (Wildman–Crippen MR) is 129 cm³/mol. The van der Waals surface area contributed by atoms with Crippen molar-refractivity contribution >= 4 is 11.9 Å². The van der Waals surface area contributed by atoms with Gasteiger partial charge in [0.25, 0.3) is 0 Å². The van der Waals surface area contributed by atoms with E-state index < -0.39 is 0 Å². The third-order valence-electron chi connectivity index (χ3n) is 6.34. The molecular weight excluding hydrogens is 398 g/mol. The van der Waals surface area contributed by atoms with E-state index in [4.69, 9.17) is 0 Å². The fourth-order valence-corrected chi connectivity index (χ4v) is 4.41. The van der Waals surface area contributed by atoms with Crippen LogP contribution < -0.4 is 10.6 Å². The number of likely N-dealkylation sites (tertiary alicyclic amines) is 2. The summed E-state index contributed by atoms with van der Waals surface area (Å²) >= 11 is 0. The molecule has 0 bridgehead atoms. The third-order valence-corrected chi connectivity index (χ3v) is 6.34. The average Bonchev–Trinajstić information content (AvgIpc) is 3.48. The Morgan fingerprint density at radius 2 is 1.31 bits per heavy atom. The van der Waals surface area contributed by atoms with Crippen LogP contribution in [0.15, 0.2) is 53.5 Å². The Hall–Kier alpha value is -2.86. The maximum atomic E-state index is 11.8. The molecule has 2 aliphatic rings. The average molecular weight is 434 g/mol. The minimum atomic E-state index is 0.270. The summed E-state index contributed by atoms with van der Waals surface area (Å²) in [5.74, 6) is 1.06. The second kappa shape index (κ2) is 11.1. The lowest BCUT2D eigenvalue weighted by molar-refractivity contribution is -0.128. The highest BCUT2D eigenvalue weighted by Crippen LogP contribution is 2.15. The van der Waals surface area contributed by atoms with E-state index >= 15 is 0 Å². The van der Waals surface area contributed by atoms with E-state index in [-0.39, 0.29) is 5.91 Å². The molecule has 0 aliphatic carbocycles. The molecule has 0 atom stereocenters. The molecule has 2 heterocycles. The highest BCUT2D eigenvalue weighted by molar-refractivity contribution is 5.79. The first-order chi connectivity index (χ1) is 15.7. The summed E-state index contributed by atoms with van der Waals surface area (Å²) in [4.78, 5) is 20.6. The molecule has 0 spiro atoms. The van der Waals surface area contributed by atoms with Crippen molar-refractivity contribution in [1.29, 1.82) is 0 Å². The molecule has 2 N–H and O–H groups in total. The summed E-state index contributed by atoms with van der Waals surface area (Å²) in [6.07, 6.45) is 4.34. The number of rotatable bonds is 8. The van der Waals surface area contributed by atoms with Gasteiger partial charge < -0.3 is 15.5 Å². The number of guanidine groups is 1. The molecule has 0 radical (unpaired) electrons. The number of nitrogens with zero attached hydrogens (tertiary/aromatic N) is 3. The van der Waals surface area contributed by atoms with Crippen LogP contribution in [-0.4, -0.2) is 48.3 Å². The number of aliphatic imine (C=N–C) groups is 1. The van der Waals surface area contributed by atoms with E-state index in [0.717, 1.165) is 32.0 Å². The van der Waals surface area contributed by atoms with Crippen LogP contribution in [0.2, 0.25) is 0 Å². The first-order valence-electron chi connectivity index (χ1n) is 11.8. The van der Waals surface area contributed by atoms with Gasteiger partial charge in [-0.2, -0.15) is 0 Å². The van der Waals surface area contributed by atoms with Gasteiger partial charge in [0.05, 0.1) is 0 Å². The smallest absolute Gasteiger partial charge is 0.222 e. The zero-order chi connectivity index (χ0) is 22.2. The molecule has 2 aliphatic heterocycles. The second-order valence-electron chi connectivity index (χ2n) is 8.81. The van der Waals surface area contributed by atoms with Crippen LogP contribution in [0.1, 0.15) is 47.9 Å². The lowest BCUT2D eigenvalue weighted by Crippen LogP contribution is -2.36. The van der Waals surface area contributed by atoms with E-state index in [1.54, 1.807) is 7.05 Å². The van der Waals surface area contributed by atoms with Gasteiger partial charge in [-0.05, 0) is 54.6 Å². The summed E-state index contributed by atoms with van der Waals surface area (Å²) in [6.45, 7) is 6.56. The molecule has 170 valence electrons. The van der Waals surface area contributed by atoms with Gasteiger partial charge in [0, 0.05) is 46.2 Å². The Labute approximate surface area is 191 Å². The van der Waals surface area contributed by atoms with E-state index in [1.807, 2.05) is 4.90 Å². The Kier molecular flexibility index (Phi) is 7.77.